The van der Waals surface area contributed by atoms with Crippen molar-refractivity contribution in [3.05, 3.63) is 112 Å². The summed E-state index contributed by atoms with van der Waals surface area (Å²) in [5.41, 5.74) is 12.0. The maximum absolute atomic E-state index is 12.1. The van der Waals surface area contributed by atoms with Crippen molar-refractivity contribution in [2.24, 2.45) is 10.7 Å². The largest absolute Gasteiger partial charge is 0.401 e. The number of nitrogens with zero attached hydrogens (tertiary/aromatic N) is 2. The number of hydrogen-bond donors (Lipinski definition) is 2. The standard InChI is InChI=1S/C32H33ClN4O2S2/c1-35-25-14-12-22(13-15-25)30-11-6-18-37(30)21-24(34)20-29(36-28-10-4-3-9-27(28)33)32-17-16-31(40-32)23-7-5-8-26(19-23)41(2,38)39/h3-5,7-10,12-17,19-20,30,35H,6,11,18,21,34H2,1-2H3. The summed E-state index contributed by atoms with van der Waals surface area (Å²) in [4.78, 5) is 9.48. The molecule has 3 N–H and O–H groups in total. The zero-order chi connectivity index (χ0) is 29.0. The number of anilines is 1. The quantitative estimate of drug-likeness (QED) is 0.196. The fourth-order valence-electron chi connectivity index (χ4n) is 5.06. The summed E-state index contributed by atoms with van der Waals surface area (Å²) in [5.74, 6) is 0. The second kappa shape index (κ2) is 12.6. The van der Waals surface area contributed by atoms with Crippen LogP contribution >= 0.6 is 22.9 Å². The number of halogens is 1. The lowest BCUT2D eigenvalue weighted by atomic mass is 10.0. The number of benzene rings is 3. The Hall–Kier alpha value is -3.43. The highest BCUT2D eigenvalue weighted by atomic mass is 35.5. The Balaban J connectivity index is 1.46. The third-order valence-electron chi connectivity index (χ3n) is 7.15. The lowest BCUT2D eigenvalue weighted by Gasteiger charge is -2.25. The number of para-hydroxylation sites is 1. The molecule has 41 heavy (non-hydrogen) atoms. The van der Waals surface area contributed by atoms with Crippen LogP contribution in [0.25, 0.3) is 10.4 Å². The highest BCUT2D eigenvalue weighted by Crippen LogP contribution is 2.34. The van der Waals surface area contributed by atoms with Gasteiger partial charge in [-0.3, -0.25) is 4.90 Å². The molecule has 1 aromatic heterocycles. The van der Waals surface area contributed by atoms with Crippen LogP contribution in [0.3, 0.4) is 0 Å². The number of aliphatic imine (C=N–C) groups is 1. The van der Waals surface area contributed by atoms with Crippen molar-refractivity contribution in [3.8, 4) is 10.4 Å². The fraction of sp³-hybridized carbons (Fsp3) is 0.219. The van der Waals surface area contributed by atoms with Gasteiger partial charge in [-0.25, -0.2) is 13.4 Å². The van der Waals surface area contributed by atoms with E-state index in [1.54, 1.807) is 18.2 Å². The second-order valence-electron chi connectivity index (χ2n) is 10.1. The molecule has 0 radical (unpaired) electrons. The summed E-state index contributed by atoms with van der Waals surface area (Å²) >= 11 is 8.01. The topological polar surface area (TPSA) is 87.8 Å². The molecule has 0 spiro atoms. The normalized spacial score (nSPS) is 16.7. The second-order valence-corrected chi connectivity index (χ2v) is 13.6. The Morgan fingerprint density at radius 2 is 1.88 bits per heavy atom. The van der Waals surface area contributed by atoms with E-state index in [1.165, 1.54) is 23.2 Å². The highest BCUT2D eigenvalue weighted by molar-refractivity contribution is 7.90. The van der Waals surface area contributed by atoms with Gasteiger partial charge in [0, 0.05) is 42.2 Å². The molecule has 1 aliphatic heterocycles. The Morgan fingerprint density at radius 3 is 2.61 bits per heavy atom. The van der Waals surface area contributed by atoms with Gasteiger partial charge in [-0.2, -0.15) is 0 Å². The number of hydrogen-bond acceptors (Lipinski definition) is 7. The van der Waals surface area contributed by atoms with Crippen LogP contribution in [0.2, 0.25) is 5.02 Å². The minimum Gasteiger partial charge on any atom is -0.401 e. The summed E-state index contributed by atoms with van der Waals surface area (Å²) in [6.07, 6.45) is 5.36. The molecule has 1 saturated heterocycles. The van der Waals surface area contributed by atoms with Crippen LogP contribution in [0.1, 0.15) is 29.3 Å². The van der Waals surface area contributed by atoms with Crippen LogP contribution in [0.15, 0.2) is 107 Å². The van der Waals surface area contributed by atoms with Crippen molar-refractivity contribution in [1.29, 1.82) is 0 Å². The van der Waals surface area contributed by atoms with E-state index in [0.717, 1.165) is 40.4 Å². The number of nitrogens with two attached hydrogens (primary N) is 1. The molecule has 0 aliphatic carbocycles. The minimum absolute atomic E-state index is 0.291. The van der Waals surface area contributed by atoms with Gasteiger partial charge in [-0.05, 0) is 85.1 Å². The van der Waals surface area contributed by atoms with Gasteiger partial charge in [-0.1, -0.05) is 48.0 Å². The van der Waals surface area contributed by atoms with Crippen LogP contribution in [0.5, 0.6) is 0 Å². The molecule has 1 unspecified atom stereocenters. The van der Waals surface area contributed by atoms with Crippen molar-refractivity contribution in [3.63, 3.8) is 0 Å². The van der Waals surface area contributed by atoms with E-state index in [4.69, 9.17) is 22.3 Å². The first-order valence-corrected chi connectivity index (χ1v) is 16.5. The number of likely N-dealkylation sites (tertiary alicyclic amines) is 1. The lowest BCUT2D eigenvalue weighted by Crippen LogP contribution is -2.28. The first-order valence-electron chi connectivity index (χ1n) is 13.4. The molecule has 9 heteroatoms. The van der Waals surface area contributed by atoms with E-state index in [2.05, 4.69) is 34.5 Å². The number of allylic oxidation sites excluding steroid dienone is 1. The zero-order valence-electron chi connectivity index (χ0n) is 23.0. The maximum atomic E-state index is 12.1. The highest BCUT2D eigenvalue weighted by Gasteiger charge is 2.26. The molecule has 4 aromatic rings. The molecule has 6 nitrogen and oxygen atoms in total. The predicted octanol–water partition coefficient (Wildman–Crippen LogP) is 7.31. The number of rotatable bonds is 9. The Kier molecular flexibility index (Phi) is 8.94. The third kappa shape index (κ3) is 7.08. The van der Waals surface area contributed by atoms with E-state index >= 15 is 0 Å². The first-order chi connectivity index (χ1) is 19.7. The average Bonchev–Trinajstić information content (AvgIpc) is 3.64. The van der Waals surface area contributed by atoms with E-state index in [9.17, 15) is 8.42 Å². The molecule has 2 heterocycles. The number of sulfone groups is 1. The molecule has 0 saturated carbocycles. The molecule has 212 valence electrons. The molecule has 0 bridgehead atoms. The summed E-state index contributed by atoms with van der Waals surface area (Å²) < 4.78 is 24.2. The van der Waals surface area contributed by atoms with E-state index in [1.807, 2.05) is 55.6 Å². The number of nitrogens with one attached hydrogen (secondary N) is 1. The van der Waals surface area contributed by atoms with Gasteiger partial charge < -0.3 is 11.1 Å². The first kappa shape index (κ1) is 29.1. The van der Waals surface area contributed by atoms with E-state index in [0.29, 0.717) is 39.6 Å². The molecule has 5 rings (SSSR count). The van der Waals surface area contributed by atoms with Crippen molar-refractivity contribution in [2.45, 2.75) is 23.8 Å². The Labute approximate surface area is 251 Å². The van der Waals surface area contributed by atoms with Gasteiger partial charge in [0.15, 0.2) is 9.84 Å². The van der Waals surface area contributed by atoms with E-state index < -0.39 is 9.84 Å². The molecule has 1 aliphatic rings. The van der Waals surface area contributed by atoms with Crippen molar-refractivity contribution >= 4 is 49.9 Å². The van der Waals surface area contributed by atoms with Crippen molar-refractivity contribution in [2.75, 3.05) is 31.7 Å². The van der Waals surface area contributed by atoms with Crippen LogP contribution in [0, 0.1) is 0 Å². The predicted molar refractivity (Wildman–Crippen MR) is 172 cm³/mol. The lowest BCUT2D eigenvalue weighted by molar-refractivity contribution is 0.278. The van der Waals surface area contributed by atoms with Crippen molar-refractivity contribution < 1.29 is 8.42 Å². The van der Waals surface area contributed by atoms with E-state index in [-0.39, 0.29) is 0 Å². The minimum atomic E-state index is -3.31. The summed E-state index contributed by atoms with van der Waals surface area (Å²) in [6, 6.07) is 27.3. The fourth-order valence-corrected chi connectivity index (χ4v) is 6.87. The van der Waals surface area contributed by atoms with Crippen LogP contribution in [0.4, 0.5) is 11.4 Å². The Morgan fingerprint density at radius 1 is 1.10 bits per heavy atom. The monoisotopic (exact) mass is 604 g/mol. The van der Waals surface area contributed by atoms with Gasteiger partial charge in [0.25, 0.3) is 0 Å². The number of thiophene rings is 1. The van der Waals surface area contributed by atoms with Crippen LogP contribution in [-0.4, -0.2) is 45.4 Å². The average molecular weight is 605 g/mol. The summed E-state index contributed by atoms with van der Waals surface area (Å²) in [6.45, 7) is 1.60. The van der Waals surface area contributed by atoms with Crippen LogP contribution < -0.4 is 11.1 Å². The SMILES string of the molecule is CNc1ccc(C2CCCN2CC(N)=CC(=Nc2ccccc2Cl)c2ccc(-c3cccc(S(C)(=O)=O)c3)s2)cc1. The summed E-state index contributed by atoms with van der Waals surface area (Å²) in [5, 5.41) is 3.73. The molecule has 3 aromatic carbocycles. The molecule has 0 amide bonds. The molecule has 1 fully saturated rings. The Bertz CT molecular complexity index is 1690. The maximum Gasteiger partial charge on any atom is 0.175 e. The smallest absolute Gasteiger partial charge is 0.175 e. The van der Waals surface area contributed by atoms with Gasteiger partial charge in [0.1, 0.15) is 0 Å². The summed E-state index contributed by atoms with van der Waals surface area (Å²) in [7, 11) is -1.39. The van der Waals surface area contributed by atoms with Gasteiger partial charge >= 0.3 is 0 Å². The molecular formula is C32H33ClN4O2S2. The van der Waals surface area contributed by atoms with Gasteiger partial charge in [0.2, 0.25) is 0 Å². The van der Waals surface area contributed by atoms with Gasteiger partial charge in [0.05, 0.1) is 26.2 Å². The molecular weight excluding hydrogens is 572 g/mol. The van der Waals surface area contributed by atoms with Crippen LogP contribution in [-0.2, 0) is 9.84 Å². The van der Waals surface area contributed by atoms with Crippen molar-refractivity contribution in [1.82, 2.24) is 4.90 Å². The zero-order valence-corrected chi connectivity index (χ0v) is 25.4. The third-order valence-corrected chi connectivity index (χ3v) is 9.74. The van der Waals surface area contributed by atoms with Gasteiger partial charge in [-0.15, -0.1) is 11.3 Å². The molecule has 1 atom stereocenters.